The van der Waals surface area contributed by atoms with Gasteiger partial charge in [0.1, 0.15) is 0 Å². The van der Waals surface area contributed by atoms with Crippen molar-refractivity contribution in [2.45, 2.75) is 19.1 Å². The zero-order chi connectivity index (χ0) is 12.3. The van der Waals surface area contributed by atoms with Gasteiger partial charge in [0.2, 0.25) is 0 Å². The van der Waals surface area contributed by atoms with Crippen LogP contribution < -0.4 is 5.32 Å². The highest BCUT2D eigenvalue weighted by molar-refractivity contribution is 7.98. The molecule has 0 aliphatic carbocycles. The summed E-state index contributed by atoms with van der Waals surface area (Å²) in [4.78, 5) is 0. The standard InChI is InChI=1S/C14H23NOS/c1-13-6-3-4-7-14(13)12-17-11-9-15-8-5-10-16-2/h3-4,6-7,15H,5,8-12H2,1-2H3. The Hall–Kier alpha value is -0.510. The fourth-order valence-corrected chi connectivity index (χ4v) is 2.54. The smallest absolute Gasteiger partial charge is 0.0474 e. The molecule has 0 aliphatic rings. The fourth-order valence-electron chi connectivity index (χ4n) is 1.57. The summed E-state index contributed by atoms with van der Waals surface area (Å²) < 4.78 is 5.00. The minimum absolute atomic E-state index is 0.851. The number of nitrogens with one attached hydrogen (secondary N) is 1. The zero-order valence-electron chi connectivity index (χ0n) is 10.9. The van der Waals surface area contributed by atoms with E-state index in [0.717, 1.165) is 31.9 Å². The first kappa shape index (κ1) is 14.6. The average Bonchev–Trinajstić information content (AvgIpc) is 2.35. The van der Waals surface area contributed by atoms with Crippen molar-refractivity contribution in [1.29, 1.82) is 0 Å². The lowest BCUT2D eigenvalue weighted by molar-refractivity contribution is 0.194. The topological polar surface area (TPSA) is 21.3 Å². The molecule has 3 heteroatoms. The SMILES string of the molecule is COCCCNCCSCc1ccccc1C. The number of thioether (sulfide) groups is 1. The van der Waals surface area contributed by atoms with Crippen molar-refractivity contribution in [3.63, 3.8) is 0 Å². The molecule has 0 saturated carbocycles. The second-order valence-corrected chi connectivity index (χ2v) is 5.18. The van der Waals surface area contributed by atoms with Gasteiger partial charge in [-0.2, -0.15) is 11.8 Å². The Balaban J connectivity index is 1.99. The summed E-state index contributed by atoms with van der Waals surface area (Å²) in [6.07, 6.45) is 1.10. The van der Waals surface area contributed by atoms with Crippen LogP contribution in [0.5, 0.6) is 0 Å². The second kappa shape index (κ2) is 9.51. The molecular weight excluding hydrogens is 230 g/mol. The van der Waals surface area contributed by atoms with Crippen LogP contribution in [0.1, 0.15) is 17.5 Å². The molecule has 0 aliphatic heterocycles. The second-order valence-electron chi connectivity index (χ2n) is 4.08. The van der Waals surface area contributed by atoms with Gasteiger partial charge >= 0.3 is 0 Å². The van der Waals surface area contributed by atoms with Crippen molar-refractivity contribution in [2.24, 2.45) is 0 Å². The normalized spacial score (nSPS) is 10.7. The van der Waals surface area contributed by atoms with E-state index in [1.807, 2.05) is 11.8 Å². The summed E-state index contributed by atoms with van der Waals surface area (Å²) in [6.45, 7) is 5.17. The van der Waals surface area contributed by atoms with Gasteiger partial charge in [0.05, 0.1) is 0 Å². The lowest BCUT2D eigenvalue weighted by Crippen LogP contribution is -2.19. The molecule has 1 N–H and O–H groups in total. The fraction of sp³-hybridized carbons (Fsp3) is 0.571. The van der Waals surface area contributed by atoms with Gasteiger partial charge in [-0.15, -0.1) is 0 Å². The number of ether oxygens (including phenoxy) is 1. The maximum absolute atomic E-state index is 5.00. The van der Waals surface area contributed by atoms with E-state index < -0.39 is 0 Å². The van der Waals surface area contributed by atoms with Crippen molar-refractivity contribution in [3.8, 4) is 0 Å². The Morgan fingerprint density at radius 3 is 2.82 bits per heavy atom. The molecule has 0 heterocycles. The Kier molecular flexibility index (Phi) is 8.14. The largest absolute Gasteiger partial charge is 0.385 e. The Morgan fingerprint density at radius 1 is 1.24 bits per heavy atom. The summed E-state index contributed by atoms with van der Waals surface area (Å²) in [5.41, 5.74) is 2.85. The highest BCUT2D eigenvalue weighted by Gasteiger charge is 1.96. The first-order valence-electron chi connectivity index (χ1n) is 6.16. The lowest BCUT2D eigenvalue weighted by Gasteiger charge is -2.06. The van der Waals surface area contributed by atoms with Gasteiger partial charge in [-0.25, -0.2) is 0 Å². The van der Waals surface area contributed by atoms with Gasteiger partial charge in [0.25, 0.3) is 0 Å². The van der Waals surface area contributed by atoms with Crippen LogP contribution >= 0.6 is 11.8 Å². The summed E-state index contributed by atoms with van der Waals surface area (Å²) in [7, 11) is 1.75. The Labute approximate surface area is 109 Å². The quantitative estimate of drug-likeness (QED) is 0.684. The third-order valence-electron chi connectivity index (χ3n) is 2.64. The maximum atomic E-state index is 5.00. The number of aryl methyl sites for hydroxylation is 1. The number of rotatable bonds is 9. The predicted octanol–water partition coefficient (Wildman–Crippen LogP) is 2.85. The van der Waals surface area contributed by atoms with E-state index in [9.17, 15) is 0 Å². The molecule has 0 radical (unpaired) electrons. The van der Waals surface area contributed by atoms with Gasteiger partial charge in [0.15, 0.2) is 0 Å². The molecule has 0 fully saturated rings. The number of hydrogen-bond acceptors (Lipinski definition) is 3. The number of benzene rings is 1. The molecule has 0 saturated heterocycles. The van der Waals surface area contributed by atoms with Crippen LogP contribution in [0.4, 0.5) is 0 Å². The first-order chi connectivity index (χ1) is 8.34. The molecular formula is C14H23NOS. The molecule has 0 amide bonds. The molecule has 1 rings (SSSR count). The molecule has 1 aromatic carbocycles. The summed E-state index contributed by atoms with van der Waals surface area (Å²) in [6, 6.07) is 8.61. The average molecular weight is 253 g/mol. The highest BCUT2D eigenvalue weighted by Crippen LogP contribution is 2.15. The van der Waals surface area contributed by atoms with Crippen LogP contribution in [0, 0.1) is 6.92 Å². The monoisotopic (exact) mass is 253 g/mol. The summed E-state index contributed by atoms with van der Waals surface area (Å²) in [5, 5.41) is 3.42. The van der Waals surface area contributed by atoms with E-state index in [1.165, 1.54) is 16.9 Å². The van der Waals surface area contributed by atoms with Crippen LogP contribution in [-0.2, 0) is 10.5 Å². The van der Waals surface area contributed by atoms with E-state index in [4.69, 9.17) is 4.74 Å². The summed E-state index contributed by atoms with van der Waals surface area (Å²) in [5.74, 6) is 2.29. The van der Waals surface area contributed by atoms with Gasteiger partial charge in [-0.05, 0) is 31.0 Å². The van der Waals surface area contributed by atoms with Gasteiger partial charge < -0.3 is 10.1 Å². The third-order valence-corrected chi connectivity index (χ3v) is 3.65. The van der Waals surface area contributed by atoms with Crippen LogP contribution in [0.3, 0.4) is 0 Å². The molecule has 0 bridgehead atoms. The molecule has 0 atom stereocenters. The van der Waals surface area contributed by atoms with E-state index >= 15 is 0 Å². The highest BCUT2D eigenvalue weighted by atomic mass is 32.2. The van der Waals surface area contributed by atoms with Crippen molar-refractivity contribution < 1.29 is 4.74 Å². The zero-order valence-corrected chi connectivity index (χ0v) is 11.7. The van der Waals surface area contributed by atoms with E-state index in [1.54, 1.807) is 7.11 Å². The molecule has 0 aromatic heterocycles. The Morgan fingerprint density at radius 2 is 2.06 bits per heavy atom. The van der Waals surface area contributed by atoms with E-state index in [0.29, 0.717) is 0 Å². The molecule has 0 spiro atoms. The molecule has 0 unspecified atom stereocenters. The first-order valence-corrected chi connectivity index (χ1v) is 7.32. The van der Waals surface area contributed by atoms with Crippen molar-refractivity contribution >= 4 is 11.8 Å². The molecule has 96 valence electrons. The maximum Gasteiger partial charge on any atom is 0.0474 e. The lowest BCUT2D eigenvalue weighted by atomic mass is 10.1. The number of hydrogen-bond donors (Lipinski definition) is 1. The van der Waals surface area contributed by atoms with Crippen molar-refractivity contribution in [2.75, 3.05) is 32.6 Å². The van der Waals surface area contributed by atoms with Crippen LogP contribution in [0.2, 0.25) is 0 Å². The minimum atomic E-state index is 0.851. The van der Waals surface area contributed by atoms with Crippen LogP contribution in [0.15, 0.2) is 24.3 Å². The summed E-state index contributed by atoms with van der Waals surface area (Å²) >= 11 is 1.99. The molecule has 1 aromatic rings. The molecule has 2 nitrogen and oxygen atoms in total. The minimum Gasteiger partial charge on any atom is -0.385 e. The molecule has 17 heavy (non-hydrogen) atoms. The van der Waals surface area contributed by atoms with Crippen molar-refractivity contribution in [1.82, 2.24) is 5.32 Å². The van der Waals surface area contributed by atoms with Crippen LogP contribution in [0.25, 0.3) is 0 Å². The van der Waals surface area contributed by atoms with Gasteiger partial charge in [0, 0.05) is 31.8 Å². The predicted molar refractivity (Wildman–Crippen MR) is 76.7 cm³/mol. The Bertz CT molecular complexity index is 304. The van der Waals surface area contributed by atoms with Crippen LogP contribution in [-0.4, -0.2) is 32.6 Å². The third kappa shape index (κ3) is 6.71. The van der Waals surface area contributed by atoms with E-state index in [-0.39, 0.29) is 0 Å². The number of methoxy groups -OCH3 is 1. The van der Waals surface area contributed by atoms with E-state index in [2.05, 4.69) is 36.5 Å². The van der Waals surface area contributed by atoms with Crippen molar-refractivity contribution in [3.05, 3.63) is 35.4 Å². The van der Waals surface area contributed by atoms with Gasteiger partial charge in [-0.1, -0.05) is 24.3 Å². The van der Waals surface area contributed by atoms with Gasteiger partial charge in [-0.3, -0.25) is 0 Å².